The maximum absolute atomic E-state index is 12.2. The third kappa shape index (κ3) is 4.96. The molecule has 1 aromatic rings. The van der Waals surface area contributed by atoms with Crippen molar-refractivity contribution in [3.8, 4) is 0 Å². The first-order chi connectivity index (χ1) is 11.1. The molecule has 1 saturated heterocycles. The molecule has 1 aromatic heterocycles. The second kappa shape index (κ2) is 8.86. The molecule has 0 aromatic carbocycles. The van der Waals surface area contributed by atoms with Crippen LogP contribution in [-0.2, 0) is 17.6 Å². The first-order valence-corrected chi connectivity index (χ1v) is 9.19. The molecule has 3 rings (SSSR count). The van der Waals surface area contributed by atoms with E-state index in [1.807, 2.05) is 4.68 Å². The van der Waals surface area contributed by atoms with E-state index in [1.165, 1.54) is 24.1 Å². The summed E-state index contributed by atoms with van der Waals surface area (Å²) in [7, 11) is 0. The largest absolute Gasteiger partial charge is 0.353 e. The van der Waals surface area contributed by atoms with Gasteiger partial charge < -0.3 is 10.6 Å². The van der Waals surface area contributed by atoms with Crippen LogP contribution in [0.5, 0.6) is 0 Å². The average molecular weight is 355 g/mol. The van der Waals surface area contributed by atoms with Gasteiger partial charge in [-0.25, -0.2) is 0 Å². The molecule has 1 aliphatic carbocycles. The van der Waals surface area contributed by atoms with Gasteiger partial charge in [-0.05, 0) is 70.5 Å². The summed E-state index contributed by atoms with van der Waals surface area (Å²) in [6, 6.07) is 0.664. The molecule has 0 radical (unpaired) electrons. The molecule has 0 spiro atoms. The Hall–Kier alpha value is -1.07. The number of hydrogen-bond donors (Lipinski definition) is 2. The van der Waals surface area contributed by atoms with Crippen LogP contribution in [0.2, 0.25) is 0 Å². The second-order valence-electron chi connectivity index (χ2n) is 7.41. The molecule has 2 N–H and O–H groups in total. The van der Waals surface area contributed by atoms with Crippen molar-refractivity contribution in [1.29, 1.82) is 0 Å². The summed E-state index contributed by atoms with van der Waals surface area (Å²) >= 11 is 0. The molecule has 5 nitrogen and oxygen atoms in total. The van der Waals surface area contributed by atoms with Crippen LogP contribution in [0.4, 0.5) is 0 Å². The number of nitrogens with one attached hydrogen (secondary N) is 2. The smallest absolute Gasteiger partial charge is 0.220 e. The molecular formula is C18H31ClN4O. The molecule has 1 unspecified atom stereocenters. The van der Waals surface area contributed by atoms with Gasteiger partial charge in [0.1, 0.15) is 0 Å². The normalized spacial score (nSPS) is 21.2. The minimum absolute atomic E-state index is 0. The maximum atomic E-state index is 12.2. The predicted octanol–water partition coefficient (Wildman–Crippen LogP) is 2.64. The number of fused-ring (bicyclic) bond motifs is 1. The topological polar surface area (TPSA) is 59.0 Å². The fourth-order valence-corrected chi connectivity index (χ4v) is 3.71. The van der Waals surface area contributed by atoms with Crippen LogP contribution in [0.1, 0.15) is 63.3 Å². The Labute approximate surface area is 151 Å². The van der Waals surface area contributed by atoms with Gasteiger partial charge in [-0.2, -0.15) is 5.10 Å². The van der Waals surface area contributed by atoms with Crippen LogP contribution < -0.4 is 10.6 Å². The van der Waals surface area contributed by atoms with E-state index in [2.05, 4.69) is 35.8 Å². The Kier molecular flexibility index (Phi) is 7.11. The lowest BCUT2D eigenvalue weighted by atomic mass is 9.92. The Balaban J connectivity index is 0.00000208. The quantitative estimate of drug-likeness (QED) is 0.854. The zero-order chi connectivity index (χ0) is 16.2. The Morgan fingerprint density at radius 2 is 2.12 bits per heavy atom. The summed E-state index contributed by atoms with van der Waals surface area (Å²) in [5, 5.41) is 11.3. The van der Waals surface area contributed by atoms with E-state index in [0.717, 1.165) is 44.7 Å². The Morgan fingerprint density at radius 3 is 2.83 bits per heavy atom. The number of nitrogens with zero attached hydrogens (tertiary/aromatic N) is 2. The molecule has 2 aliphatic rings. The van der Waals surface area contributed by atoms with Gasteiger partial charge in [-0.3, -0.25) is 9.48 Å². The summed E-state index contributed by atoms with van der Waals surface area (Å²) in [6.07, 6.45) is 9.27. The van der Waals surface area contributed by atoms with Gasteiger partial charge in [-0.15, -0.1) is 12.4 Å². The summed E-state index contributed by atoms with van der Waals surface area (Å²) in [5.41, 5.74) is 2.53. The predicted molar refractivity (Wildman–Crippen MR) is 98.6 cm³/mol. The van der Waals surface area contributed by atoms with E-state index in [9.17, 15) is 4.79 Å². The van der Waals surface area contributed by atoms with Crippen LogP contribution >= 0.6 is 12.4 Å². The highest BCUT2D eigenvalue weighted by molar-refractivity contribution is 5.85. The Morgan fingerprint density at radius 1 is 1.38 bits per heavy atom. The molecule has 0 bridgehead atoms. The third-order valence-electron chi connectivity index (χ3n) is 5.23. The second-order valence-corrected chi connectivity index (χ2v) is 7.41. The lowest BCUT2D eigenvalue weighted by molar-refractivity contribution is -0.122. The minimum Gasteiger partial charge on any atom is -0.353 e. The fraction of sp³-hybridized carbons (Fsp3) is 0.778. The van der Waals surface area contributed by atoms with E-state index in [1.54, 1.807) is 0 Å². The summed E-state index contributed by atoms with van der Waals surface area (Å²) in [4.78, 5) is 12.2. The molecule has 6 heteroatoms. The van der Waals surface area contributed by atoms with Crippen molar-refractivity contribution in [2.24, 2.45) is 5.92 Å². The molecular weight excluding hydrogens is 324 g/mol. The van der Waals surface area contributed by atoms with E-state index in [0.29, 0.717) is 12.5 Å². The van der Waals surface area contributed by atoms with Gasteiger partial charge in [0, 0.05) is 31.1 Å². The zero-order valence-corrected chi connectivity index (χ0v) is 15.7. The summed E-state index contributed by atoms with van der Waals surface area (Å²) < 4.78 is 2.05. The molecule has 2 heterocycles. The molecule has 136 valence electrons. The van der Waals surface area contributed by atoms with Crippen molar-refractivity contribution in [2.75, 3.05) is 13.1 Å². The molecule has 1 amide bonds. The monoisotopic (exact) mass is 354 g/mol. The summed E-state index contributed by atoms with van der Waals surface area (Å²) in [5.74, 6) is 0.946. The SMILES string of the molecule is CC(C)n1cc2c(n1)CC(NC(=O)CCC1CCNCC1)CC2.Cl. The number of amides is 1. The van der Waals surface area contributed by atoms with Crippen molar-refractivity contribution in [3.63, 3.8) is 0 Å². The molecule has 0 saturated carbocycles. The number of carbonyl (C=O) groups is 1. The highest BCUT2D eigenvalue weighted by atomic mass is 35.5. The fourth-order valence-electron chi connectivity index (χ4n) is 3.71. The Bertz CT molecular complexity index is 537. The zero-order valence-electron chi connectivity index (χ0n) is 14.9. The van der Waals surface area contributed by atoms with Gasteiger partial charge in [-0.1, -0.05) is 0 Å². The first-order valence-electron chi connectivity index (χ1n) is 9.19. The van der Waals surface area contributed by atoms with Crippen LogP contribution in [-0.4, -0.2) is 34.8 Å². The number of aryl methyl sites for hydroxylation is 1. The van der Waals surface area contributed by atoms with Crippen molar-refractivity contribution in [1.82, 2.24) is 20.4 Å². The van der Waals surface area contributed by atoms with Crippen LogP contribution in [0.25, 0.3) is 0 Å². The average Bonchev–Trinajstić information content (AvgIpc) is 2.97. The van der Waals surface area contributed by atoms with Gasteiger partial charge >= 0.3 is 0 Å². The number of piperidine rings is 1. The highest BCUT2D eigenvalue weighted by Crippen LogP contribution is 2.22. The third-order valence-corrected chi connectivity index (χ3v) is 5.23. The lowest BCUT2D eigenvalue weighted by Gasteiger charge is -2.24. The van der Waals surface area contributed by atoms with Crippen LogP contribution in [0.3, 0.4) is 0 Å². The number of halogens is 1. The van der Waals surface area contributed by atoms with Crippen LogP contribution in [0, 0.1) is 5.92 Å². The molecule has 1 atom stereocenters. The van der Waals surface area contributed by atoms with E-state index in [-0.39, 0.29) is 24.4 Å². The number of carbonyl (C=O) groups excluding carboxylic acids is 1. The van der Waals surface area contributed by atoms with Crippen LogP contribution in [0.15, 0.2) is 6.20 Å². The molecule has 24 heavy (non-hydrogen) atoms. The van der Waals surface area contributed by atoms with Crippen molar-refractivity contribution >= 4 is 18.3 Å². The van der Waals surface area contributed by atoms with E-state index < -0.39 is 0 Å². The van der Waals surface area contributed by atoms with Crippen molar-refractivity contribution in [2.45, 2.75) is 70.9 Å². The first kappa shape index (κ1) is 19.3. The van der Waals surface area contributed by atoms with Gasteiger partial charge in [0.15, 0.2) is 0 Å². The maximum Gasteiger partial charge on any atom is 0.220 e. The van der Waals surface area contributed by atoms with Crippen molar-refractivity contribution in [3.05, 3.63) is 17.5 Å². The highest BCUT2D eigenvalue weighted by Gasteiger charge is 2.24. The number of hydrogen-bond acceptors (Lipinski definition) is 3. The van der Waals surface area contributed by atoms with Gasteiger partial charge in [0.2, 0.25) is 5.91 Å². The molecule has 1 fully saturated rings. The standard InChI is InChI=1S/C18H30N4O.ClH/c1-13(2)22-12-15-4-5-16(11-17(15)21-22)20-18(23)6-3-14-7-9-19-10-8-14;/h12-14,16,19H,3-11H2,1-2H3,(H,20,23);1H. The van der Waals surface area contributed by atoms with E-state index in [4.69, 9.17) is 0 Å². The van der Waals surface area contributed by atoms with Gasteiger partial charge in [0.25, 0.3) is 0 Å². The van der Waals surface area contributed by atoms with Gasteiger partial charge in [0.05, 0.1) is 5.69 Å². The molecule has 1 aliphatic heterocycles. The van der Waals surface area contributed by atoms with E-state index >= 15 is 0 Å². The number of aromatic nitrogens is 2. The van der Waals surface area contributed by atoms with Crippen molar-refractivity contribution < 1.29 is 4.79 Å². The lowest BCUT2D eigenvalue weighted by Crippen LogP contribution is -2.39. The summed E-state index contributed by atoms with van der Waals surface area (Å²) in [6.45, 7) is 6.52. The minimum atomic E-state index is 0. The number of rotatable bonds is 5.